The molecule has 0 spiro atoms. The smallest absolute Gasteiger partial charge is 0.316 e. The van der Waals surface area contributed by atoms with Gasteiger partial charge in [0.15, 0.2) is 12.1 Å². The van der Waals surface area contributed by atoms with Gasteiger partial charge in [0.05, 0.1) is 37.1 Å². The van der Waals surface area contributed by atoms with Gasteiger partial charge in [-0.05, 0) is 83.9 Å². The summed E-state index contributed by atoms with van der Waals surface area (Å²) in [4.78, 5) is 53.9. The zero-order valence-corrected chi connectivity index (χ0v) is 38.3. The van der Waals surface area contributed by atoms with E-state index in [2.05, 4.69) is 35.8 Å². The highest BCUT2D eigenvalue weighted by molar-refractivity contribution is 6.00. The molecular formula is C46H73N3O11. The molecule has 2 bridgehead atoms. The van der Waals surface area contributed by atoms with Gasteiger partial charge in [-0.15, -0.1) is 0 Å². The topological polar surface area (TPSA) is 175 Å². The number of likely N-dealkylation sites (N-methyl/N-ethyl adjacent to an activating group) is 1. The number of ether oxygens (including phenoxy) is 5. The van der Waals surface area contributed by atoms with Gasteiger partial charge in [0.1, 0.15) is 36.0 Å². The van der Waals surface area contributed by atoms with Crippen LogP contribution in [0.25, 0.3) is 0 Å². The number of hydrogen-bond acceptors (Lipinski definition) is 13. The van der Waals surface area contributed by atoms with E-state index in [9.17, 15) is 24.6 Å². The molecule has 3 heterocycles. The Hall–Kier alpha value is -3.11. The summed E-state index contributed by atoms with van der Waals surface area (Å²) < 4.78 is 32.8. The van der Waals surface area contributed by atoms with Crippen LogP contribution in [0.1, 0.15) is 114 Å². The first-order chi connectivity index (χ1) is 28.0. The van der Waals surface area contributed by atoms with Crippen molar-refractivity contribution in [1.29, 1.82) is 0 Å². The molecule has 14 nitrogen and oxygen atoms in total. The average Bonchev–Trinajstić information content (AvgIpc) is 3.19. The van der Waals surface area contributed by atoms with Crippen LogP contribution >= 0.6 is 0 Å². The summed E-state index contributed by atoms with van der Waals surface area (Å²) in [5.41, 5.74) is -1.49. The lowest BCUT2D eigenvalue weighted by Crippen LogP contribution is -2.60. The normalized spacial score (nSPS) is 37.9. The van der Waals surface area contributed by atoms with Gasteiger partial charge in [0.25, 0.3) is 0 Å². The van der Waals surface area contributed by atoms with Crippen LogP contribution in [0.15, 0.2) is 40.5 Å². The molecule has 1 aromatic carbocycles. The molecule has 1 amide bonds. The molecule has 3 fully saturated rings. The number of nitrogens with zero attached hydrogens (tertiary/aromatic N) is 3. The molecule has 3 saturated heterocycles. The van der Waals surface area contributed by atoms with Gasteiger partial charge < -0.3 is 43.6 Å². The number of aliphatic hydroxyl groups is 2. The third kappa shape index (κ3) is 12.5. The van der Waals surface area contributed by atoms with Gasteiger partial charge in [-0.25, -0.2) is 4.99 Å². The minimum absolute atomic E-state index is 0.0806. The Morgan fingerprint density at radius 1 is 1.03 bits per heavy atom. The molecule has 13 atom stereocenters. The Bertz CT molecular complexity index is 1660. The highest BCUT2D eigenvalue weighted by Crippen LogP contribution is 2.40. The average molecular weight is 844 g/mol. The maximum atomic E-state index is 14.6. The van der Waals surface area contributed by atoms with Gasteiger partial charge >= 0.3 is 5.97 Å². The first-order valence-electron chi connectivity index (χ1n) is 21.7. The maximum absolute atomic E-state index is 14.6. The minimum atomic E-state index is -1.83. The van der Waals surface area contributed by atoms with Crippen LogP contribution in [-0.4, -0.2) is 125 Å². The Balaban J connectivity index is 1.91. The lowest BCUT2D eigenvalue weighted by atomic mass is 9.73. The molecule has 2 N–H and O–H groups in total. The third-order valence-electron chi connectivity index (χ3n) is 12.5. The van der Waals surface area contributed by atoms with E-state index in [1.165, 1.54) is 20.8 Å². The fourth-order valence-electron chi connectivity index (χ4n) is 8.98. The Kier molecular flexibility index (Phi) is 17.2. The number of oxime groups is 1. The van der Waals surface area contributed by atoms with Crippen LogP contribution in [-0.2, 0) is 49.5 Å². The highest BCUT2D eigenvalue weighted by atomic mass is 16.7. The molecule has 3 aliphatic heterocycles. The summed E-state index contributed by atoms with van der Waals surface area (Å²) >= 11 is 0. The number of ketones is 1. The van der Waals surface area contributed by atoms with Crippen molar-refractivity contribution in [2.75, 3.05) is 26.8 Å². The Labute approximate surface area is 357 Å². The molecule has 3 aliphatic rings. The van der Waals surface area contributed by atoms with Crippen molar-refractivity contribution < 1.29 is 53.1 Å². The molecule has 0 aliphatic carbocycles. The number of aliphatic hydroxyl groups excluding tert-OH is 1. The van der Waals surface area contributed by atoms with E-state index in [1.807, 2.05) is 65.1 Å². The number of esters is 1. The quantitative estimate of drug-likeness (QED) is 0.171. The second-order valence-corrected chi connectivity index (χ2v) is 19.1. The van der Waals surface area contributed by atoms with Gasteiger partial charge in [-0.1, -0.05) is 84.0 Å². The molecule has 14 heteroatoms. The second kappa shape index (κ2) is 20.8. The van der Waals surface area contributed by atoms with E-state index in [-0.39, 0.29) is 50.2 Å². The Morgan fingerprint density at radius 3 is 2.32 bits per heavy atom. The summed E-state index contributed by atoms with van der Waals surface area (Å²) in [5, 5.41) is 28.9. The van der Waals surface area contributed by atoms with Crippen molar-refractivity contribution in [3.8, 4) is 0 Å². The van der Waals surface area contributed by atoms with Gasteiger partial charge in [-0.3, -0.25) is 14.4 Å². The Morgan fingerprint density at radius 2 is 1.70 bits per heavy atom. The number of hydrogen-bond donors (Lipinski definition) is 2. The van der Waals surface area contributed by atoms with Crippen molar-refractivity contribution in [2.45, 2.75) is 169 Å². The third-order valence-corrected chi connectivity index (χ3v) is 12.5. The summed E-state index contributed by atoms with van der Waals surface area (Å²) in [6.07, 6.45) is -4.11. The summed E-state index contributed by atoms with van der Waals surface area (Å²) in [5.74, 6) is -5.23. The van der Waals surface area contributed by atoms with E-state index < -0.39 is 83.2 Å². The van der Waals surface area contributed by atoms with E-state index in [0.29, 0.717) is 17.8 Å². The lowest BCUT2D eigenvalue weighted by Gasteiger charge is -2.48. The molecule has 0 saturated carbocycles. The molecule has 60 heavy (non-hydrogen) atoms. The zero-order valence-electron chi connectivity index (χ0n) is 38.3. The van der Waals surface area contributed by atoms with Crippen molar-refractivity contribution in [2.24, 2.45) is 39.2 Å². The SMILES string of the molecule is CC[C@H]1OC(=O)[C@H](C)C(=O)[C@H](C)[C@@H](O[C@@H]2O[C@H](C)C[C@H](N(C)CCC(C)(C)C)[C@H]2O)[C@@]2(C)C[C@@H](C)C(=NC(C)=O)[C@H](C)[C@@H](OC/C(=N\OCc3ccccc3)CO2)[C@]1(C)O. The number of rotatable bonds is 9. The fraction of sp³-hybridized carbons (Fsp3) is 0.761. The van der Waals surface area contributed by atoms with Crippen LogP contribution in [0.4, 0.5) is 0 Å². The molecule has 1 aromatic rings. The van der Waals surface area contributed by atoms with Crippen LogP contribution in [0.5, 0.6) is 0 Å². The van der Waals surface area contributed by atoms with Crippen molar-refractivity contribution in [3.05, 3.63) is 35.9 Å². The monoisotopic (exact) mass is 844 g/mol. The van der Waals surface area contributed by atoms with Gasteiger partial charge in [0, 0.05) is 30.5 Å². The number of amides is 1. The van der Waals surface area contributed by atoms with Crippen molar-refractivity contribution in [3.63, 3.8) is 0 Å². The van der Waals surface area contributed by atoms with Crippen LogP contribution in [0.2, 0.25) is 0 Å². The number of carbonyl (C=O) groups is 3. The highest BCUT2D eigenvalue weighted by Gasteiger charge is 2.53. The molecule has 4 rings (SSSR count). The maximum Gasteiger partial charge on any atom is 0.316 e. The number of cyclic esters (lactones) is 1. The predicted molar refractivity (Wildman–Crippen MR) is 228 cm³/mol. The standard InChI is InChI=1S/C46H73N3O11/c1-14-36-46(12,54)41-29(4)37(47-32(7)50)27(2)23-45(11,56-26-34(25-55-41)48-57-24-33-18-16-15-17-19-33)40(30(5)38(51)31(6)42(53)59-36)60-43-39(52)35(22-28(3)58-43)49(13)21-20-44(8,9)10/h15-19,27-31,35-36,39-41,43,52,54H,14,20-26H2,1-13H3/b47-37?,48-34+/t27-,28-,29+,30+,31-,35+,36-,39-,40-,41-,43+,45-,46-/m1/s1. The van der Waals surface area contributed by atoms with E-state index in [1.54, 1.807) is 13.8 Å². The molecular weight excluding hydrogens is 771 g/mol. The summed E-state index contributed by atoms with van der Waals surface area (Å²) in [6, 6.07) is 9.23. The van der Waals surface area contributed by atoms with Gasteiger partial charge in [0.2, 0.25) is 5.91 Å². The number of aliphatic imine (C=N–C) groups is 1. The van der Waals surface area contributed by atoms with Crippen LogP contribution in [0, 0.1) is 29.1 Å². The van der Waals surface area contributed by atoms with E-state index in [0.717, 1.165) is 18.5 Å². The second-order valence-electron chi connectivity index (χ2n) is 19.1. The molecule has 0 aromatic heterocycles. The first-order valence-corrected chi connectivity index (χ1v) is 21.7. The number of fused-ring (bicyclic) bond motifs is 5. The summed E-state index contributed by atoms with van der Waals surface area (Å²) in [6.45, 7) is 22.4. The van der Waals surface area contributed by atoms with Crippen molar-refractivity contribution in [1.82, 2.24) is 4.90 Å². The number of benzene rings is 1. The van der Waals surface area contributed by atoms with E-state index >= 15 is 0 Å². The van der Waals surface area contributed by atoms with E-state index in [4.69, 9.17) is 28.5 Å². The lowest BCUT2D eigenvalue weighted by molar-refractivity contribution is -0.297. The first kappa shape index (κ1) is 49.5. The van der Waals surface area contributed by atoms with Crippen LogP contribution < -0.4 is 0 Å². The molecule has 0 unspecified atom stereocenters. The summed E-state index contributed by atoms with van der Waals surface area (Å²) in [7, 11) is 1.99. The predicted octanol–water partition coefficient (Wildman–Crippen LogP) is 5.93. The molecule has 338 valence electrons. The largest absolute Gasteiger partial charge is 0.459 e. The van der Waals surface area contributed by atoms with Crippen LogP contribution in [0.3, 0.4) is 0 Å². The number of carbonyl (C=O) groups excluding carboxylic acids is 3. The molecule has 0 radical (unpaired) electrons. The minimum Gasteiger partial charge on any atom is -0.459 e. The number of Topliss-reactive ketones (excluding diaryl/α,β-unsaturated/α-hetero) is 1. The zero-order chi connectivity index (χ0) is 44.7. The fourth-order valence-corrected chi connectivity index (χ4v) is 8.98. The van der Waals surface area contributed by atoms with Crippen molar-refractivity contribution >= 4 is 29.1 Å². The van der Waals surface area contributed by atoms with Gasteiger partial charge in [-0.2, -0.15) is 0 Å².